The predicted molar refractivity (Wildman–Crippen MR) is 159 cm³/mol. The third-order valence-electron chi connectivity index (χ3n) is 7.13. The van der Waals surface area contributed by atoms with Crippen LogP contribution >= 0.6 is 12.4 Å². The van der Waals surface area contributed by atoms with Crippen LogP contribution in [-0.2, 0) is 27.3 Å². The number of amides is 2. The number of amidine groups is 1. The molecule has 2 atom stereocenters. The Morgan fingerprint density at radius 3 is 2.43 bits per heavy atom. The van der Waals surface area contributed by atoms with E-state index in [-0.39, 0.29) is 49.1 Å². The number of benzene rings is 2. The Balaban J connectivity index is 0.00000484. The third kappa shape index (κ3) is 7.52. The van der Waals surface area contributed by atoms with Gasteiger partial charge in [0.25, 0.3) is 11.5 Å². The van der Waals surface area contributed by atoms with Gasteiger partial charge in [0.15, 0.2) is 0 Å². The first kappa shape index (κ1) is 31.8. The summed E-state index contributed by atoms with van der Waals surface area (Å²) in [4.78, 5) is 68.2. The summed E-state index contributed by atoms with van der Waals surface area (Å²) >= 11 is 0. The number of anilines is 1. The van der Waals surface area contributed by atoms with Crippen molar-refractivity contribution in [3.8, 4) is 0 Å². The van der Waals surface area contributed by atoms with Gasteiger partial charge in [-0.15, -0.1) is 12.4 Å². The fraction of sp³-hybridized carbons (Fsp3) is 0.310. The molecule has 2 heterocycles. The molecule has 222 valence electrons. The number of aromatic amines is 1. The molecule has 1 fully saturated rings. The topological polar surface area (TPSA) is 180 Å². The SMILES string of the molecule is COC(=O)C[C@@H]1C[C@@H](Cn2c(=O)[nH]cc(C(=O)Nc3ccc(C(=N)N)cc3)c2=O)N(CCCc2ccccc2)C1=O.Cl. The van der Waals surface area contributed by atoms with Crippen molar-refractivity contribution in [3.63, 3.8) is 0 Å². The number of carbonyl (C=O) groups is 3. The Labute approximate surface area is 247 Å². The van der Waals surface area contributed by atoms with Crippen LogP contribution in [0.3, 0.4) is 0 Å². The van der Waals surface area contributed by atoms with Crippen molar-refractivity contribution >= 4 is 41.7 Å². The summed E-state index contributed by atoms with van der Waals surface area (Å²) in [6.45, 7) is 0.233. The highest BCUT2D eigenvalue weighted by Crippen LogP contribution is 2.29. The van der Waals surface area contributed by atoms with Gasteiger partial charge in [-0.25, -0.2) is 4.79 Å². The van der Waals surface area contributed by atoms with Gasteiger partial charge in [-0.05, 0) is 49.1 Å². The van der Waals surface area contributed by atoms with Crippen LogP contribution in [0.5, 0.6) is 0 Å². The molecule has 0 saturated carbocycles. The van der Waals surface area contributed by atoms with Crippen molar-refractivity contribution in [2.24, 2.45) is 11.7 Å². The average Bonchev–Trinajstić information content (AvgIpc) is 3.24. The zero-order valence-electron chi connectivity index (χ0n) is 23.0. The first-order valence-corrected chi connectivity index (χ1v) is 13.2. The van der Waals surface area contributed by atoms with Crippen molar-refractivity contribution in [1.29, 1.82) is 5.41 Å². The van der Waals surface area contributed by atoms with Crippen molar-refractivity contribution in [2.75, 3.05) is 19.0 Å². The molecule has 1 aromatic heterocycles. The minimum Gasteiger partial charge on any atom is -0.469 e. The van der Waals surface area contributed by atoms with Crippen LogP contribution in [0.2, 0.25) is 0 Å². The lowest BCUT2D eigenvalue weighted by Gasteiger charge is -2.25. The van der Waals surface area contributed by atoms with Gasteiger partial charge < -0.3 is 25.7 Å². The van der Waals surface area contributed by atoms with E-state index >= 15 is 0 Å². The monoisotopic (exact) mass is 596 g/mol. The normalized spacial score (nSPS) is 16.0. The Morgan fingerprint density at radius 2 is 1.79 bits per heavy atom. The predicted octanol–water partition coefficient (Wildman–Crippen LogP) is 1.91. The highest BCUT2D eigenvalue weighted by atomic mass is 35.5. The second kappa shape index (κ2) is 14.3. The van der Waals surface area contributed by atoms with Crippen LogP contribution in [0.4, 0.5) is 5.69 Å². The number of nitrogens with one attached hydrogen (secondary N) is 3. The molecule has 5 N–H and O–H groups in total. The Morgan fingerprint density at radius 1 is 1.10 bits per heavy atom. The standard InChI is InChI=1S/C29H32N6O6.ClH/c1-41-24(36)15-20-14-22(34(27(20)38)13-5-8-18-6-3-2-4-7-18)17-35-28(39)23(16-32-29(35)40)26(37)33-21-11-9-19(10-12-21)25(30)31;/h2-4,6-7,9-12,16,20,22H,5,8,13-15,17H2,1H3,(H3,30,31)(H,32,40)(H,33,37);1H/t20-,22-;/m0./s1. The number of likely N-dealkylation sites (tertiary alicyclic amines) is 1. The summed E-state index contributed by atoms with van der Waals surface area (Å²) in [6.07, 6.45) is 2.58. The molecule has 1 saturated heterocycles. The maximum Gasteiger partial charge on any atom is 0.328 e. The number of esters is 1. The van der Waals surface area contributed by atoms with Crippen LogP contribution in [0.15, 0.2) is 70.4 Å². The van der Waals surface area contributed by atoms with Crippen LogP contribution in [-0.4, -0.2) is 57.8 Å². The first-order valence-electron chi connectivity index (χ1n) is 13.2. The number of hydrogen-bond donors (Lipinski definition) is 4. The van der Waals surface area contributed by atoms with Crippen molar-refractivity contribution in [3.05, 3.63) is 98.3 Å². The van der Waals surface area contributed by atoms with E-state index in [1.807, 2.05) is 30.3 Å². The van der Waals surface area contributed by atoms with Gasteiger partial charge in [0.05, 0.1) is 32.0 Å². The minimum atomic E-state index is -0.806. The van der Waals surface area contributed by atoms with Crippen LogP contribution in [0, 0.1) is 11.3 Å². The van der Waals surface area contributed by atoms with Crippen molar-refractivity contribution in [1.82, 2.24) is 14.5 Å². The van der Waals surface area contributed by atoms with E-state index in [0.717, 1.165) is 22.7 Å². The van der Waals surface area contributed by atoms with Gasteiger partial charge in [-0.3, -0.25) is 29.2 Å². The number of aromatic nitrogens is 2. The largest absolute Gasteiger partial charge is 0.469 e. The summed E-state index contributed by atoms with van der Waals surface area (Å²) < 4.78 is 5.67. The number of hydrogen-bond acceptors (Lipinski definition) is 7. The van der Waals surface area contributed by atoms with E-state index in [9.17, 15) is 24.0 Å². The first-order chi connectivity index (χ1) is 19.7. The molecule has 0 bridgehead atoms. The molecular formula is C29H33ClN6O6. The fourth-order valence-electron chi connectivity index (χ4n) is 4.97. The molecule has 42 heavy (non-hydrogen) atoms. The molecule has 13 heteroatoms. The van der Waals surface area contributed by atoms with Crippen LogP contribution < -0.4 is 22.3 Å². The number of carbonyl (C=O) groups excluding carboxylic acids is 3. The highest BCUT2D eigenvalue weighted by Gasteiger charge is 2.40. The van der Waals surface area contributed by atoms with Gasteiger partial charge in [0, 0.05) is 24.0 Å². The lowest BCUT2D eigenvalue weighted by Crippen LogP contribution is -2.45. The Hall–Kier alpha value is -4.71. The van der Waals surface area contributed by atoms with Gasteiger partial charge in [-0.1, -0.05) is 30.3 Å². The lowest BCUT2D eigenvalue weighted by molar-refractivity contribution is -0.144. The molecule has 0 aliphatic carbocycles. The molecule has 2 aromatic carbocycles. The van der Waals surface area contributed by atoms with Crippen LogP contribution in [0.1, 0.15) is 40.7 Å². The number of nitrogen functional groups attached to an aromatic ring is 1. The molecule has 1 aliphatic rings. The van der Waals surface area contributed by atoms with E-state index in [2.05, 4.69) is 10.3 Å². The van der Waals surface area contributed by atoms with Gasteiger partial charge in [0.2, 0.25) is 5.91 Å². The number of nitrogens with zero attached hydrogens (tertiary/aromatic N) is 2. The number of methoxy groups -OCH3 is 1. The molecule has 4 rings (SSSR count). The summed E-state index contributed by atoms with van der Waals surface area (Å²) in [5.74, 6) is -2.25. The summed E-state index contributed by atoms with van der Waals surface area (Å²) in [5, 5.41) is 10.1. The summed E-state index contributed by atoms with van der Waals surface area (Å²) in [6, 6.07) is 15.4. The molecule has 3 aromatic rings. The summed E-state index contributed by atoms with van der Waals surface area (Å²) in [5.41, 5.74) is 5.60. The fourth-order valence-corrected chi connectivity index (χ4v) is 4.97. The maximum atomic E-state index is 13.3. The molecule has 2 amide bonds. The number of rotatable bonds is 11. The van der Waals surface area contributed by atoms with E-state index in [1.165, 1.54) is 19.2 Å². The molecule has 1 aliphatic heterocycles. The summed E-state index contributed by atoms with van der Waals surface area (Å²) in [7, 11) is 1.25. The third-order valence-corrected chi connectivity index (χ3v) is 7.13. The quantitative estimate of drug-likeness (QED) is 0.148. The lowest BCUT2D eigenvalue weighted by atomic mass is 10.0. The zero-order valence-corrected chi connectivity index (χ0v) is 23.8. The van der Waals surface area contributed by atoms with E-state index in [1.54, 1.807) is 17.0 Å². The molecular weight excluding hydrogens is 564 g/mol. The molecule has 0 radical (unpaired) electrons. The maximum absolute atomic E-state index is 13.3. The molecule has 12 nitrogen and oxygen atoms in total. The van der Waals surface area contributed by atoms with Crippen molar-refractivity contribution in [2.45, 2.75) is 38.3 Å². The smallest absolute Gasteiger partial charge is 0.328 e. The second-order valence-corrected chi connectivity index (χ2v) is 9.86. The van der Waals surface area contributed by atoms with E-state index < -0.39 is 35.1 Å². The Kier molecular flexibility index (Phi) is 10.8. The highest BCUT2D eigenvalue weighted by molar-refractivity contribution is 6.04. The van der Waals surface area contributed by atoms with Gasteiger partial charge in [0.1, 0.15) is 11.4 Å². The van der Waals surface area contributed by atoms with Gasteiger partial charge in [-0.2, -0.15) is 0 Å². The Bertz CT molecular complexity index is 1550. The number of nitrogens with two attached hydrogens (primary N) is 1. The van der Waals surface area contributed by atoms with Crippen LogP contribution in [0.25, 0.3) is 0 Å². The molecule has 0 unspecified atom stereocenters. The van der Waals surface area contributed by atoms with Crippen molar-refractivity contribution < 1.29 is 19.1 Å². The minimum absolute atomic E-state index is 0. The number of H-pyrrole nitrogens is 1. The zero-order chi connectivity index (χ0) is 29.5. The number of halogens is 1. The average molecular weight is 597 g/mol. The molecule has 0 spiro atoms. The number of aryl methyl sites for hydroxylation is 1. The van der Waals surface area contributed by atoms with Gasteiger partial charge >= 0.3 is 11.7 Å². The van der Waals surface area contributed by atoms with E-state index in [4.69, 9.17) is 15.9 Å². The number of ether oxygens (including phenoxy) is 1. The van der Waals surface area contributed by atoms with E-state index in [0.29, 0.717) is 24.2 Å². The second-order valence-electron chi connectivity index (χ2n) is 9.86.